The minimum absolute atomic E-state index is 0.222. The van der Waals surface area contributed by atoms with Gasteiger partial charge in [0.2, 0.25) is 0 Å². The molecule has 24 heavy (non-hydrogen) atoms. The van der Waals surface area contributed by atoms with E-state index in [4.69, 9.17) is 9.72 Å². The first-order valence-corrected chi connectivity index (χ1v) is 9.06. The molecule has 1 aliphatic heterocycles. The van der Waals surface area contributed by atoms with E-state index in [1.165, 1.54) is 0 Å². The Kier molecular flexibility index (Phi) is 5.27. The number of phenolic OH excluding ortho intramolecular Hbond substituents is 1. The van der Waals surface area contributed by atoms with E-state index in [1.54, 1.807) is 29.5 Å². The minimum Gasteiger partial charge on any atom is -0.508 e. The number of hydrogen-bond acceptors (Lipinski definition) is 6. The second kappa shape index (κ2) is 7.59. The van der Waals surface area contributed by atoms with Crippen molar-refractivity contribution in [2.75, 3.05) is 31.2 Å². The number of fused-ring (bicyclic) bond motifs is 1. The minimum atomic E-state index is 0.222. The molecule has 1 fully saturated rings. The quantitative estimate of drug-likeness (QED) is 0.764. The van der Waals surface area contributed by atoms with Gasteiger partial charge < -0.3 is 14.7 Å². The molecule has 1 aliphatic rings. The van der Waals surface area contributed by atoms with Gasteiger partial charge in [0.15, 0.2) is 11.6 Å². The molecular formula is C18H21N3O2S. The van der Waals surface area contributed by atoms with Gasteiger partial charge in [0, 0.05) is 18.7 Å². The zero-order valence-corrected chi connectivity index (χ0v) is 14.7. The summed E-state index contributed by atoms with van der Waals surface area (Å²) in [5.41, 5.74) is 1.77. The summed E-state index contributed by atoms with van der Waals surface area (Å²) in [6, 6.07) is 9.07. The van der Waals surface area contributed by atoms with E-state index in [0.29, 0.717) is 5.82 Å². The van der Waals surface area contributed by atoms with Crippen LogP contribution in [0.15, 0.2) is 35.7 Å². The summed E-state index contributed by atoms with van der Waals surface area (Å²) in [6.45, 7) is 7.11. The zero-order valence-electron chi connectivity index (χ0n) is 13.9. The highest BCUT2D eigenvalue weighted by Gasteiger charge is 2.18. The Morgan fingerprint density at radius 1 is 1.12 bits per heavy atom. The second-order valence-electron chi connectivity index (χ2n) is 5.16. The van der Waals surface area contributed by atoms with E-state index < -0.39 is 0 Å². The van der Waals surface area contributed by atoms with Crippen molar-refractivity contribution < 1.29 is 9.84 Å². The molecule has 0 bridgehead atoms. The molecule has 126 valence electrons. The first-order chi connectivity index (χ1) is 11.8. The average molecular weight is 343 g/mol. The summed E-state index contributed by atoms with van der Waals surface area (Å²) in [7, 11) is 0. The van der Waals surface area contributed by atoms with E-state index >= 15 is 0 Å². The van der Waals surface area contributed by atoms with Crippen molar-refractivity contribution >= 4 is 27.4 Å². The van der Waals surface area contributed by atoms with Crippen molar-refractivity contribution in [2.45, 2.75) is 13.8 Å². The highest BCUT2D eigenvalue weighted by Crippen LogP contribution is 2.32. The van der Waals surface area contributed by atoms with Crippen molar-refractivity contribution in [2.24, 2.45) is 0 Å². The third-order valence-electron chi connectivity index (χ3n) is 3.70. The van der Waals surface area contributed by atoms with Crippen molar-refractivity contribution in [3.05, 3.63) is 35.7 Å². The summed E-state index contributed by atoms with van der Waals surface area (Å²) in [6.07, 6.45) is 0. The van der Waals surface area contributed by atoms with Gasteiger partial charge >= 0.3 is 0 Å². The fourth-order valence-corrected chi connectivity index (χ4v) is 3.46. The molecule has 0 unspecified atom stereocenters. The van der Waals surface area contributed by atoms with Gasteiger partial charge in [-0.05, 0) is 23.6 Å². The summed E-state index contributed by atoms with van der Waals surface area (Å²) in [5, 5.41) is 11.7. The lowest BCUT2D eigenvalue weighted by Gasteiger charge is -2.28. The molecule has 0 amide bonds. The molecule has 0 saturated carbocycles. The molecule has 0 aliphatic carbocycles. The predicted octanol–water partition coefficient (Wildman–Crippen LogP) is 3.93. The number of aromatic hydroxyl groups is 1. The number of nitrogens with zero attached hydrogens (tertiary/aromatic N) is 3. The lowest BCUT2D eigenvalue weighted by atomic mass is 10.2. The van der Waals surface area contributed by atoms with Crippen LogP contribution in [-0.2, 0) is 4.74 Å². The number of ether oxygens (including phenoxy) is 1. The number of morpholine rings is 1. The molecule has 4 rings (SSSR count). The van der Waals surface area contributed by atoms with Crippen LogP contribution in [0.2, 0.25) is 0 Å². The summed E-state index contributed by atoms with van der Waals surface area (Å²) >= 11 is 1.66. The van der Waals surface area contributed by atoms with Crippen LogP contribution in [0.4, 0.5) is 5.82 Å². The molecule has 0 radical (unpaired) electrons. The van der Waals surface area contributed by atoms with Crippen LogP contribution in [0, 0.1) is 0 Å². The van der Waals surface area contributed by atoms with Crippen LogP contribution in [-0.4, -0.2) is 41.4 Å². The lowest BCUT2D eigenvalue weighted by Crippen LogP contribution is -2.36. The molecule has 0 atom stereocenters. The van der Waals surface area contributed by atoms with Gasteiger partial charge in [-0.3, -0.25) is 0 Å². The molecule has 0 spiro atoms. The molecule has 1 aromatic carbocycles. The van der Waals surface area contributed by atoms with Crippen LogP contribution in [0.1, 0.15) is 13.8 Å². The van der Waals surface area contributed by atoms with Crippen LogP contribution in [0.25, 0.3) is 21.6 Å². The maximum absolute atomic E-state index is 9.69. The standard InChI is InChI=1S/C16H15N3O2S.C2H6/c20-12-3-1-2-11(10-12)15-17-13-4-9-22-14(13)16(18-15)19-5-7-21-8-6-19;1-2/h1-4,9-10,20H,5-8H2;1-2H3. The van der Waals surface area contributed by atoms with Crippen molar-refractivity contribution in [1.82, 2.24) is 9.97 Å². The first kappa shape index (κ1) is 16.7. The number of thiophene rings is 1. The van der Waals surface area contributed by atoms with Gasteiger partial charge in [-0.25, -0.2) is 9.97 Å². The Labute approximate surface area is 145 Å². The lowest BCUT2D eigenvalue weighted by molar-refractivity contribution is 0.122. The van der Waals surface area contributed by atoms with Gasteiger partial charge in [-0.2, -0.15) is 0 Å². The van der Waals surface area contributed by atoms with E-state index in [0.717, 1.165) is 47.9 Å². The molecular weight excluding hydrogens is 322 g/mol. The average Bonchev–Trinajstić information content (AvgIpc) is 3.12. The molecule has 6 heteroatoms. The van der Waals surface area contributed by atoms with E-state index in [-0.39, 0.29) is 5.75 Å². The number of phenols is 1. The number of benzene rings is 1. The molecule has 3 aromatic rings. The number of hydrogen-bond donors (Lipinski definition) is 1. The van der Waals surface area contributed by atoms with Gasteiger partial charge in [-0.1, -0.05) is 26.0 Å². The fraction of sp³-hybridized carbons (Fsp3) is 0.333. The highest BCUT2D eigenvalue weighted by molar-refractivity contribution is 7.17. The predicted molar refractivity (Wildman–Crippen MR) is 98.9 cm³/mol. The Bertz CT molecular complexity index is 813. The zero-order chi connectivity index (χ0) is 16.9. The SMILES string of the molecule is CC.Oc1cccc(-c2nc(N3CCOCC3)c3sccc3n2)c1. The summed E-state index contributed by atoms with van der Waals surface area (Å²) in [5.74, 6) is 1.82. The van der Waals surface area contributed by atoms with Gasteiger partial charge in [-0.15, -0.1) is 11.3 Å². The highest BCUT2D eigenvalue weighted by atomic mass is 32.1. The fourth-order valence-electron chi connectivity index (χ4n) is 2.61. The van der Waals surface area contributed by atoms with Crippen LogP contribution < -0.4 is 4.90 Å². The molecule has 5 nitrogen and oxygen atoms in total. The largest absolute Gasteiger partial charge is 0.508 e. The number of aromatic nitrogens is 2. The molecule has 1 saturated heterocycles. The second-order valence-corrected chi connectivity index (χ2v) is 6.07. The Balaban J connectivity index is 0.000000815. The van der Waals surface area contributed by atoms with Gasteiger partial charge in [0.05, 0.1) is 23.4 Å². The van der Waals surface area contributed by atoms with E-state index in [2.05, 4.69) is 9.88 Å². The Morgan fingerprint density at radius 3 is 2.67 bits per heavy atom. The topological polar surface area (TPSA) is 58.5 Å². The van der Waals surface area contributed by atoms with Crippen LogP contribution in [0.5, 0.6) is 5.75 Å². The Morgan fingerprint density at radius 2 is 1.92 bits per heavy atom. The third kappa shape index (κ3) is 3.34. The van der Waals surface area contributed by atoms with E-state index in [9.17, 15) is 5.11 Å². The number of rotatable bonds is 2. The maximum Gasteiger partial charge on any atom is 0.162 e. The monoisotopic (exact) mass is 343 g/mol. The van der Waals surface area contributed by atoms with Gasteiger partial charge in [0.1, 0.15) is 5.75 Å². The smallest absolute Gasteiger partial charge is 0.162 e. The molecule has 1 N–H and O–H groups in total. The summed E-state index contributed by atoms with van der Waals surface area (Å²) in [4.78, 5) is 11.6. The first-order valence-electron chi connectivity index (χ1n) is 8.18. The van der Waals surface area contributed by atoms with Crippen molar-refractivity contribution in [3.63, 3.8) is 0 Å². The van der Waals surface area contributed by atoms with Crippen LogP contribution >= 0.6 is 11.3 Å². The molecule has 3 heterocycles. The normalized spacial score (nSPS) is 14.3. The molecule has 2 aromatic heterocycles. The Hall–Kier alpha value is -2.18. The van der Waals surface area contributed by atoms with E-state index in [1.807, 2.05) is 31.4 Å². The summed E-state index contributed by atoms with van der Waals surface area (Å²) < 4.78 is 6.53. The maximum atomic E-state index is 9.69. The van der Waals surface area contributed by atoms with Crippen molar-refractivity contribution in [3.8, 4) is 17.1 Å². The van der Waals surface area contributed by atoms with Gasteiger partial charge in [0.25, 0.3) is 0 Å². The van der Waals surface area contributed by atoms with Crippen molar-refractivity contribution in [1.29, 1.82) is 0 Å². The van der Waals surface area contributed by atoms with Crippen LogP contribution in [0.3, 0.4) is 0 Å². The number of anilines is 1. The third-order valence-corrected chi connectivity index (χ3v) is 4.60.